The molecule has 2 aliphatic heterocycles. The molecular weight excluding hydrogens is 491 g/mol. The van der Waals surface area contributed by atoms with E-state index in [0.717, 1.165) is 45.1 Å². The third-order valence-corrected chi connectivity index (χ3v) is 10.0. The molecule has 34 heavy (non-hydrogen) atoms. The highest BCUT2D eigenvalue weighted by Crippen LogP contribution is 2.52. The number of nitrogens with zero attached hydrogens (tertiary/aromatic N) is 1. The topological polar surface area (TPSA) is 66.5 Å². The summed E-state index contributed by atoms with van der Waals surface area (Å²) in [4.78, 5) is 15.2. The molecule has 2 heterocycles. The molecule has 8 heteroatoms. The molecule has 5 rings (SSSR count). The number of hydrogen-bond acceptors (Lipinski definition) is 3. The number of carbonyl (C=O) groups excluding carboxylic acids is 1. The summed E-state index contributed by atoms with van der Waals surface area (Å²) in [5, 5.41) is 0.584. The lowest BCUT2D eigenvalue weighted by atomic mass is 9.61. The lowest BCUT2D eigenvalue weighted by Crippen LogP contribution is -2.60. The van der Waals surface area contributed by atoms with Gasteiger partial charge in [0, 0.05) is 34.6 Å². The van der Waals surface area contributed by atoms with Crippen LogP contribution in [0.3, 0.4) is 0 Å². The van der Waals surface area contributed by atoms with Crippen LogP contribution in [0.25, 0.3) is 0 Å². The van der Waals surface area contributed by atoms with E-state index in [4.69, 9.17) is 23.2 Å². The van der Waals surface area contributed by atoms with Gasteiger partial charge >= 0.3 is 0 Å². The molecule has 3 fully saturated rings. The highest BCUT2D eigenvalue weighted by atomic mass is 35.5. The number of nitrogens with one attached hydrogen (secondary N) is 1. The summed E-state index contributed by atoms with van der Waals surface area (Å²) < 4.78 is 29.9. The first-order chi connectivity index (χ1) is 16.3. The van der Waals surface area contributed by atoms with Crippen molar-refractivity contribution < 1.29 is 13.2 Å². The second-order valence-electron chi connectivity index (χ2n) is 9.98. The number of carbonyl (C=O) groups is 1. The first kappa shape index (κ1) is 24.1. The summed E-state index contributed by atoms with van der Waals surface area (Å²) in [6, 6.07) is 14.5. The molecule has 1 aliphatic carbocycles. The highest BCUT2D eigenvalue weighted by molar-refractivity contribution is 7.89. The lowest BCUT2D eigenvalue weighted by Gasteiger charge is -2.53. The van der Waals surface area contributed by atoms with Crippen LogP contribution >= 0.6 is 23.2 Å². The smallest absolute Gasteiger partial charge is 0.240 e. The minimum atomic E-state index is -3.81. The fourth-order valence-electron chi connectivity index (χ4n) is 6.76. The van der Waals surface area contributed by atoms with Gasteiger partial charge in [-0.15, -0.1) is 0 Å². The van der Waals surface area contributed by atoms with E-state index in [1.54, 1.807) is 0 Å². The van der Waals surface area contributed by atoms with Gasteiger partial charge in [-0.3, -0.25) is 4.79 Å². The van der Waals surface area contributed by atoms with Crippen LogP contribution in [0.15, 0.2) is 53.4 Å². The third kappa shape index (κ3) is 4.50. The van der Waals surface area contributed by atoms with Gasteiger partial charge in [0.1, 0.15) is 0 Å². The van der Waals surface area contributed by atoms with Crippen LogP contribution in [0.5, 0.6) is 0 Å². The Morgan fingerprint density at radius 1 is 1.00 bits per heavy atom. The predicted molar refractivity (Wildman–Crippen MR) is 134 cm³/mol. The van der Waals surface area contributed by atoms with Gasteiger partial charge in [-0.25, -0.2) is 13.1 Å². The Balaban J connectivity index is 1.51. The maximum absolute atomic E-state index is 13.4. The summed E-state index contributed by atoms with van der Waals surface area (Å²) >= 11 is 12.2. The van der Waals surface area contributed by atoms with E-state index in [1.165, 1.54) is 23.8 Å². The van der Waals surface area contributed by atoms with E-state index in [2.05, 4.69) is 21.8 Å². The van der Waals surface area contributed by atoms with Crippen LogP contribution in [0.4, 0.5) is 0 Å². The van der Waals surface area contributed by atoms with Crippen LogP contribution in [0.2, 0.25) is 10.0 Å². The number of benzene rings is 2. The van der Waals surface area contributed by atoms with Gasteiger partial charge in [0.05, 0.1) is 4.90 Å². The molecule has 0 unspecified atom stereocenters. The van der Waals surface area contributed by atoms with Crippen LogP contribution in [-0.2, 0) is 21.2 Å². The van der Waals surface area contributed by atoms with Gasteiger partial charge in [-0.05, 0) is 80.5 Å². The minimum absolute atomic E-state index is 0.0854. The van der Waals surface area contributed by atoms with E-state index in [9.17, 15) is 13.2 Å². The Bertz CT molecular complexity index is 1150. The van der Waals surface area contributed by atoms with Gasteiger partial charge in [0.2, 0.25) is 15.9 Å². The maximum Gasteiger partial charge on any atom is 0.240 e. The van der Waals surface area contributed by atoms with Crippen LogP contribution < -0.4 is 4.72 Å². The maximum atomic E-state index is 13.4. The molecule has 2 aromatic carbocycles. The first-order valence-corrected chi connectivity index (χ1v) is 14.4. The van der Waals surface area contributed by atoms with Crippen LogP contribution in [-0.4, -0.2) is 37.4 Å². The molecular formula is C26H30Cl2N2O3S. The summed E-state index contributed by atoms with van der Waals surface area (Å²) in [5.41, 5.74) is 1.05. The Morgan fingerprint density at radius 3 is 2.47 bits per heavy atom. The molecule has 0 aromatic heterocycles. The minimum Gasteiger partial charge on any atom is -0.337 e. The summed E-state index contributed by atoms with van der Waals surface area (Å²) in [7, 11) is -3.81. The van der Waals surface area contributed by atoms with Gasteiger partial charge in [0.15, 0.2) is 0 Å². The molecule has 2 saturated heterocycles. The zero-order valence-electron chi connectivity index (χ0n) is 19.1. The Labute approximate surface area is 211 Å². The van der Waals surface area contributed by atoms with E-state index in [0.29, 0.717) is 22.9 Å². The van der Waals surface area contributed by atoms with Crippen molar-refractivity contribution in [3.05, 3.63) is 64.1 Å². The second-order valence-corrected chi connectivity index (χ2v) is 12.6. The van der Waals surface area contributed by atoms with Gasteiger partial charge in [-0.2, -0.15) is 0 Å². The summed E-state index contributed by atoms with van der Waals surface area (Å²) in [5.74, 6) is 0.615. The number of rotatable bonds is 5. The average Bonchev–Trinajstić information content (AvgIpc) is 3.16. The van der Waals surface area contributed by atoms with Crippen molar-refractivity contribution in [2.24, 2.45) is 11.8 Å². The van der Waals surface area contributed by atoms with E-state index in [1.807, 2.05) is 18.2 Å². The summed E-state index contributed by atoms with van der Waals surface area (Å²) in [6.45, 7) is 0.824. The van der Waals surface area contributed by atoms with Crippen molar-refractivity contribution in [1.29, 1.82) is 0 Å². The van der Waals surface area contributed by atoms with Gasteiger partial charge < -0.3 is 4.90 Å². The molecule has 3 aliphatic rings. The monoisotopic (exact) mass is 520 g/mol. The van der Waals surface area contributed by atoms with Crippen LogP contribution in [0, 0.1) is 11.8 Å². The number of hydrogen-bond donors (Lipinski definition) is 1. The van der Waals surface area contributed by atoms with Crippen molar-refractivity contribution in [3.63, 3.8) is 0 Å². The van der Waals surface area contributed by atoms with E-state index >= 15 is 0 Å². The van der Waals surface area contributed by atoms with Crippen molar-refractivity contribution in [1.82, 2.24) is 9.62 Å². The van der Waals surface area contributed by atoms with Gasteiger partial charge in [0.25, 0.3) is 0 Å². The van der Waals surface area contributed by atoms with Crippen molar-refractivity contribution in [3.8, 4) is 0 Å². The third-order valence-electron chi connectivity index (χ3n) is 8.12. The number of halogens is 2. The normalized spacial score (nSPS) is 29.4. The fraction of sp³-hybridized carbons (Fsp3) is 0.500. The molecule has 4 atom stereocenters. The van der Waals surface area contributed by atoms with E-state index in [-0.39, 0.29) is 34.2 Å². The molecule has 2 aromatic rings. The molecule has 1 amide bonds. The second kappa shape index (κ2) is 9.45. The standard InChI is InChI=1S/C26H30Cl2N2O3S/c27-19-15-20(28)17-21(16-19)34(32,33)29-24-10-12-26-11-5-13-30(26)25(31)9-4-8-23(26)22(24)14-18-6-2-1-3-7-18/h1-3,6-7,15-17,22-24,29H,4-5,8-14H2/t22-,23+,24+,26-/m1/s1. The molecule has 0 bridgehead atoms. The molecule has 0 radical (unpaired) electrons. The molecule has 1 N–H and O–H groups in total. The number of amides is 1. The Hall–Kier alpha value is -1.60. The average molecular weight is 522 g/mol. The molecule has 5 nitrogen and oxygen atoms in total. The molecule has 1 spiro atoms. The first-order valence-electron chi connectivity index (χ1n) is 12.1. The zero-order valence-corrected chi connectivity index (χ0v) is 21.4. The highest BCUT2D eigenvalue weighted by Gasteiger charge is 2.56. The van der Waals surface area contributed by atoms with Gasteiger partial charge in [-0.1, -0.05) is 53.5 Å². The fourth-order valence-corrected chi connectivity index (χ4v) is 8.81. The Morgan fingerprint density at radius 2 is 1.74 bits per heavy atom. The molecule has 1 saturated carbocycles. The van der Waals surface area contributed by atoms with Crippen LogP contribution in [0.1, 0.15) is 50.5 Å². The zero-order chi connectivity index (χ0) is 23.9. The Kier molecular flexibility index (Phi) is 6.70. The van der Waals surface area contributed by atoms with E-state index < -0.39 is 10.0 Å². The number of sulfonamides is 1. The quantitative estimate of drug-likeness (QED) is 0.569. The lowest BCUT2D eigenvalue weighted by molar-refractivity contribution is -0.138. The largest absolute Gasteiger partial charge is 0.337 e. The summed E-state index contributed by atoms with van der Waals surface area (Å²) in [6.07, 6.45) is 6.74. The van der Waals surface area contributed by atoms with Crippen molar-refractivity contribution in [2.45, 2.75) is 67.8 Å². The van der Waals surface area contributed by atoms with Crippen molar-refractivity contribution >= 4 is 39.1 Å². The SMILES string of the molecule is O=C1CCC[C@H]2[C@@H](Cc3ccccc3)[C@@H](NS(=O)(=O)c3cc(Cl)cc(Cl)c3)CC[C@]23CCCN13. The predicted octanol–water partition coefficient (Wildman–Crippen LogP) is 5.45. The molecule has 182 valence electrons. The van der Waals surface area contributed by atoms with Crippen molar-refractivity contribution in [2.75, 3.05) is 6.54 Å².